The lowest BCUT2D eigenvalue weighted by Crippen LogP contribution is -1.84. The highest BCUT2D eigenvalue weighted by Gasteiger charge is 2.07. The summed E-state index contributed by atoms with van der Waals surface area (Å²) in [6.45, 7) is 0. The molecule has 0 fully saturated rings. The lowest BCUT2D eigenvalue weighted by molar-refractivity contribution is 0.414. The number of ether oxygens (including phenoxy) is 1. The largest absolute Gasteiger partial charge is 0.504 e. The van der Waals surface area contributed by atoms with E-state index in [4.69, 9.17) is 4.74 Å². The van der Waals surface area contributed by atoms with Gasteiger partial charge in [0.15, 0.2) is 11.5 Å². The van der Waals surface area contributed by atoms with Crippen molar-refractivity contribution >= 4 is 21.6 Å². The van der Waals surface area contributed by atoms with Crippen molar-refractivity contribution in [3.63, 3.8) is 0 Å². The van der Waals surface area contributed by atoms with E-state index in [1.807, 2.05) is 24.3 Å². The molecule has 3 nitrogen and oxygen atoms in total. The Labute approximate surface area is 102 Å². The van der Waals surface area contributed by atoms with Crippen molar-refractivity contribution in [2.24, 2.45) is 0 Å². The molecule has 0 atom stereocenters. The number of rotatable bonds is 2. The van der Waals surface area contributed by atoms with Gasteiger partial charge in [-0.25, -0.2) is 4.98 Å². The molecule has 3 aromatic rings. The van der Waals surface area contributed by atoms with Gasteiger partial charge in [0.05, 0.1) is 15.7 Å². The summed E-state index contributed by atoms with van der Waals surface area (Å²) in [4.78, 5) is 4.22. The van der Waals surface area contributed by atoms with Crippen LogP contribution in [0.5, 0.6) is 17.2 Å². The van der Waals surface area contributed by atoms with Gasteiger partial charge in [0.2, 0.25) is 0 Å². The number of benzene rings is 2. The van der Waals surface area contributed by atoms with Gasteiger partial charge >= 0.3 is 0 Å². The van der Waals surface area contributed by atoms with Crippen molar-refractivity contribution in [3.8, 4) is 17.2 Å². The van der Waals surface area contributed by atoms with Gasteiger partial charge < -0.3 is 9.84 Å². The first-order valence-electron chi connectivity index (χ1n) is 5.12. The van der Waals surface area contributed by atoms with E-state index in [2.05, 4.69) is 4.98 Å². The van der Waals surface area contributed by atoms with Crippen LogP contribution in [-0.4, -0.2) is 10.1 Å². The third-order valence-electron chi connectivity index (χ3n) is 2.41. The maximum Gasteiger partial charge on any atom is 0.169 e. The summed E-state index contributed by atoms with van der Waals surface area (Å²) in [7, 11) is 0. The molecule has 0 aliphatic carbocycles. The maximum atomic E-state index is 9.66. The number of thiazole rings is 1. The van der Waals surface area contributed by atoms with Gasteiger partial charge in [-0.15, -0.1) is 11.3 Å². The quantitative estimate of drug-likeness (QED) is 0.744. The van der Waals surface area contributed by atoms with Gasteiger partial charge in [-0.1, -0.05) is 18.2 Å². The van der Waals surface area contributed by atoms with Crippen LogP contribution in [0.25, 0.3) is 10.2 Å². The number of phenolic OH excluding ortho intramolecular Hbond substituents is 1. The summed E-state index contributed by atoms with van der Waals surface area (Å²) in [6.07, 6.45) is 0. The second-order valence-corrected chi connectivity index (χ2v) is 4.38. The Balaban J connectivity index is 2.06. The lowest BCUT2D eigenvalue weighted by atomic mass is 10.3. The number of hydrogen-bond donors (Lipinski definition) is 1. The van der Waals surface area contributed by atoms with E-state index in [0.29, 0.717) is 11.5 Å². The number of hydrogen-bond acceptors (Lipinski definition) is 4. The minimum atomic E-state index is 0.133. The summed E-state index contributed by atoms with van der Waals surface area (Å²) >= 11 is 1.52. The molecule has 1 N–H and O–H groups in total. The van der Waals surface area contributed by atoms with Gasteiger partial charge in [-0.3, -0.25) is 0 Å². The zero-order valence-electron chi connectivity index (χ0n) is 8.83. The van der Waals surface area contributed by atoms with Gasteiger partial charge in [0.1, 0.15) is 5.75 Å². The number of aromatic nitrogens is 1. The highest BCUT2D eigenvalue weighted by Crippen LogP contribution is 2.35. The average molecular weight is 243 g/mol. The number of phenols is 1. The van der Waals surface area contributed by atoms with Crippen LogP contribution in [0.2, 0.25) is 0 Å². The molecule has 0 radical (unpaired) electrons. The second kappa shape index (κ2) is 4.07. The van der Waals surface area contributed by atoms with Crippen molar-refractivity contribution in [3.05, 3.63) is 48.0 Å². The Kier molecular flexibility index (Phi) is 2.42. The van der Waals surface area contributed by atoms with E-state index in [9.17, 15) is 5.11 Å². The molecular formula is C13H9NO2S. The van der Waals surface area contributed by atoms with Crippen molar-refractivity contribution in [1.29, 1.82) is 0 Å². The van der Waals surface area contributed by atoms with Crippen molar-refractivity contribution < 1.29 is 9.84 Å². The van der Waals surface area contributed by atoms with Crippen LogP contribution < -0.4 is 4.74 Å². The predicted octanol–water partition coefficient (Wildman–Crippen LogP) is 3.79. The summed E-state index contributed by atoms with van der Waals surface area (Å²) in [5.41, 5.74) is 2.69. The van der Waals surface area contributed by atoms with Gasteiger partial charge in [0, 0.05) is 0 Å². The summed E-state index contributed by atoms with van der Waals surface area (Å²) < 4.78 is 6.68. The highest BCUT2D eigenvalue weighted by molar-refractivity contribution is 7.17. The second-order valence-electron chi connectivity index (χ2n) is 3.53. The van der Waals surface area contributed by atoms with Crippen LogP contribution in [0.3, 0.4) is 0 Å². The lowest BCUT2D eigenvalue weighted by Gasteiger charge is -2.07. The first kappa shape index (κ1) is 10.1. The summed E-state index contributed by atoms with van der Waals surface area (Å²) in [5.74, 6) is 1.30. The first-order chi connectivity index (χ1) is 8.34. The molecule has 1 heterocycles. The van der Waals surface area contributed by atoms with E-state index < -0.39 is 0 Å². The highest BCUT2D eigenvalue weighted by atomic mass is 32.1. The molecule has 0 unspecified atom stereocenters. The molecule has 3 rings (SSSR count). The monoisotopic (exact) mass is 243 g/mol. The zero-order chi connectivity index (χ0) is 11.7. The van der Waals surface area contributed by atoms with Crippen LogP contribution in [0, 0.1) is 0 Å². The van der Waals surface area contributed by atoms with E-state index >= 15 is 0 Å². The van der Waals surface area contributed by atoms with E-state index in [1.54, 1.807) is 23.7 Å². The minimum absolute atomic E-state index is 0.133. The fraction of sp³-hybridized carbons (Fsp3) is 0. The fourth-order valence-electron chi connectivity index (χ4n) is 1.60. The standard InChI is InChI=1S/C13H9NO2S/c15-10-5-1-2-6-11(10)16-12-7-3-4-9-13(12)17-8-14-9/h1-8,15H. The Hall–Kier alpha value is -2.07. The topological polar surface area (TPSA) is 42.4 Å². The smallest absolute Gasteiger partial charge is 0.169 e. The molecule has 0 saturated heterocycles. The number of fused-ring (bicyclic) bond motifs is 1. The Bertz CT molecular complexity index is 663. The van der Waals surface area contributed by atoms with Crippen LogP contribution in [0.1, 0.15) is 0 Å². The van der Waals surface area contributed by atoms with Gasteiger partial charge in [0.25, 0.3) is 0 Å². The van der Waals surface area contributed by atoms with Crippen molar-refractivity contribution in [1.82, 2.24) is 4.98 Å². The van der Waals surface area contributed by atoms with Crippen LogP contribution >= 0.6 is 11.3 Å². The first-order valence-corrected chi connectivity index (χ1v) is 6.00. The molecule has 1 aromatic heterocycles. The van der Waals surface area contributed by atoms with Crippen molar-refractivity contribution in [2.45, 2.75) is 0 Å². The summed E-state index contributed by atoms with van der Waals surface area (Å²) in [6, 6.07) is 12.6. The summed E-state index contributed by atoms with van der Waals surface area (Å²) in [5, 5.41) is 9.66. The molecule has 0 aliphatic rings. The van der Waals surface area contributed by atoms with Crippen LogP contribution in [0.15, 0.2) is 48.0 Å². The third kappa shape index (κ3) is 1.83. The maximum absolute atomic E-state index is 9.66. The number of aromatic hydroxyl groups is 1. The zero-order valence-corrected chi connectivity index (χ0v) is 9.65. The van der Waals surface area contributed by atoms with Crippen LogP contribution in [-0.2, 0) is 0 Å². The fourth-order valence-corrected chi connectivity index (χ4v) is 2.34. The Morgan fingerprint density at radius 2 is 1.82 bits per heavy atom. The van der Waals surface area contributed by atoms with Crippen molar-refractivity contribution in [2.75, 3.05) is 0 Å². The molecule has 0 amide bonds. The average Bonchev–Trinajstić information content (AvgIpc) is 2.81. The van der Waals surface area contributed by atoms with E-state index in [-0.39, 0.29) is 5.75 Å². The third-order valence-corrected chi connectivity index (χ3v) is 3.26. The molecule has 17 heavy (non-hydrogen) atoms. The van der Waals surface area contributed by atoms with Gasteiger partial charge in [-0.2, -0.15) is 0 Å². The molecule has 0 spiro atoms. The molecule has 4 heteroatoms. The normalized spacial score (nSPS) is 10.6. The number of para-hydroxylation sites is 2. The molecule has 0 aliphatic heterocycles. The van der Waals surface area contributed by atoms with Crippen LogP contribution in [0.4, 0.5) is 0 Å². The number of nitrogens with zero attached hydrogens (tertiary/aromatic N) is 1. The van der Waals surface area contributed by atoms with E-state index in [1.165, 1.54) is 11.3 Å². The minimum Gasteiger partial charge on any atom is -0.504 e. The molecule has 2 aromatic carbocycles. The predicted molar refractivity (Wildman–Crippen MR) is 67.8 cm³/mol. The van der Waals surface area contributed by atoms with Gasteiger partial charge in [-0.05, 0) is 24.3 Å². The molecule has 84 valence electrons. The Morgan fingerprint density at radius 3 is 2.71 bits per heavy atom. The molecule has 0 bridgehead atoms. The SMILES string of the molecule is Oc1ccccc1Oc1cccc2ncsc12. The van der Waals surface area contributed by atoms with E-state index in [0.717, 1.165) is 10.2 Å². The molecular weight excluding hydrogens is 234 g/mol. The molecule has 0 saturated carbocycles. The Morgan fingerprint density at radius 1 is 1.00 bits per heavy atom.